The Bertz CT molecular complexity index is 1390. The van der Waals surface area contributed by atoms with Gasteiger partial charge in [0.25, 0.3) is 0 Å². The predicted molar refractivity (Wildman–Crippen MR) is 141 cm³/mol. The van der Waals surface area contributed by atoms with E-state index >= 15 is 0 Å². The van der Waals surface area contributed by atoms with Crippen molar-refractivity contribution in [3.05, 3.63) is 54.2 Å². The third kappa shape index (κ3) is 6.64. The van der Waals surface area contributed by atoms with Gasteiger partial charge in [0, 0.05) is 48.4 Å². The van der Waals surface area contributed by atoms with Crippen molar-refractivity contribution in [1.82, 2.24) is 30.5 Å². The highest BCUT2D eigenvalue weighted by molar-refractivity contribution is 5.96. The summed E-state index contributed by atoms with van der Waals surface area (Å²) in [6.07, 6.45) is 4.78. The summed E-state index contributed by atoms with van der Waals surface area (Å²) in [5, 5.41) is 24.6. The maximum absolute atomic E-state index is 13.8. The number of hydrogen-bond acceptors (Lipinski definition) is 7. The van der Waals surface area contributed by atoms with Gasteiger partial charge in [0.05, 0.1) is 18.8 Å². The summed E-state index contributed by atoms with van der Waals surface area (Å²) in [6, 6.07) is 2.67. The maximum atomic E-state index is 13.8. The molecular weight excluding hydrogens is 522 g/mol. The van der Waals surface area contributed by atoms with Crippen molar-refractivity contribution in [2.45, 2.75) is 56.3 Å². The van der Waals surface area contributed by atoms with Gasteiger partial charge in [0.15, 0.2) is 0 Å². The fourth-order valence-corrected chi connectivity index (χ4v) is 4.87. The lowest BCUT2D eigenvalue weighted by molar-refractivity contribution is -0.145. The highest BCUT2D eigenvalue weighted by Gasteiger charge is 2.39. The van der Waals surface area contributed by atoms with E-state index in [1.165, 1.54) is 17.4 Å². The number of aromatic nitrogens is 3. The molecule has 3 aromatic rings. The van der Waals surface area contributed by atoms with Crippen LogP contribution in [-0.4, -0.2) is 90.4 Å². The first-order valence-corrected chi connectivity index (χ1v) is 12.8. The second kappa shape index (κ2) is 12.4. The van der Waals surface area contributed by atoms with Crippen LogP contribution in [0.3, 0.4) is 0 Å². The van der Waals surface area contributed by atoms with Crippen molar-refractivity contribution in [3.8, 4) is 0 Å². The van der Waals surface area contributed by atoms with Crippen LogP contribution < -0.4 is 16.4 Å². The minimum absolute atomic E-state index is 0.0253. The van der Waals surface area contributed by atoms with Crippen molar-refractivity contribution >= 4 is 40.6 Å². The molecule has 3 heterocycles. The minimum atomic E-state index is -1.38. The molecule has 1 aliphatic rings. The van der Waals surface area contributed by atoms with Crippen LogP contribution in [0.2, 0.25) is 0 Å². The number of imidazole rings is 1. The van der Waals surface area contributed by atoms with E-state index in [0.29, 0.717) is 18.5 Å². The van der Waals surface area contributed by atoms with Gasteiger partial charge in [-0.05, 0) is 24.5 Å². The third-order valence-corrected chi connectivity index (χ3v) is 6.88. The second-order valence-electron chi connectivity index (χ2n) is 9.70. The number of aliphatic carboxylic acids is 2. The van der Waals surface area contributed by atoms with Crippen molar-refractivity contribution in [1.29, 1.82) is 0 Å². The third-order valence-electron chi connectivity index (χ3n) is 6.88. The molecule has 1 fully saturated rings. The lowest BCUT2D eigenvalue weighted by atomic mass is 10.0. The summed E-state index contributed by atoms with van der Waals surface area (Å²) in [5.41, 5.74) is 7.82. The van der Waals surface area contributed by atoms with Crippen LogP contribution in [0.15, 0.2) is 43.0 Å². The number of H-pyrrole nitrogens is 2. The molecule has 4 rings (SSSR count). The quantitative estimate of drug-likeness (QED) is 0.154. The van der Waals surface area contributed by atoms with Crippen molar-refractivity contribution < 1.29 is 34.2 Å². The Labute approximate surface area is 228 Å². The van der Waals surface area contributed by atoms with Crippen LogP contribution in [0.4, 0.5) is 0 Å². The summed E-state index contributed by atoms with van der Waals surface area (Å²) in [5.74, 6) is -4.50. The molecule has 1 saturated heterocycles. The molecule has 14 nitrogen and oxygen atoms in total. The average molecular weight is 554 g/mol. The molecule has 3 amide bonds. The van der Waals surface area contributed by atoms with E-state index in [1.807, 2.05) is 24.3 Å². The van der Waals surface area contributed by atoms with Crippen LogP contribution in [0.5, 0.6) is 0 Å². The van der Waals surface area contributed by atoms with Gasteiger partial charge in [-0.3, -0.25) is 19.2 Å². The number of nitrogens with zero attached hydrogens (tertiary/aromatic N) is 2. The zero-order valence-electron chi connectivity index (χ0n) is 21.5. The van der Waals surface area contributed by atoms with Gasteiger partial charge in [-0.15, -0.1) is 0 Å². The number of carbonyl (C=O) groups is 5. The molecule has 4 unspecified atom stereocenters. The number of likely N-dealkylation sites (tertiary alicyclic amines) is 1. The molecule has 1 aromatic carbocycles. The molecular formula is C26H31N7O7. The molecule has 0 spiro atoms. The van der Waals surface area contributed by atoms with Crippen molar-refractivity contribution in [2.24, 2.45) is 5.73 Å². The van der Waals surface area contributed by atoms with Crippen molar-refractivity contribution in [3.63, 3.8) is 0 Å². The molecule has 2 aromatic heterocycles. The normalized spacial score (nSPS) is 17.2. The van der Waals surface area contributed by atoms with E-state index in [1.54, 1.807) is 6.20 Å². The molecule has 8 N–H and O–H groups in total. The number of benzene rings is 1. The number of carboxylic acid groups (broad SMARTS) is 2. The summed E-state index contributed by atoms with van der Waals surface area (Å²) in [7, 11) is 0. The molecule has 0 bridgehead atoms. The first-order valence-electron chi connectivity index (χ1n) is 12.8. The predicted octanol–water partition coefficient (Wildman–Crippen LogP) is -0.477. The number of amides is 3. The zero-order valence-corrected chi connectivity index (χ0v) is 21.5. The van der Waals surface area contributed by atoms with Crippen molar-refractivity contribution in [2.75, 3.05) is 6.54 Å². The summed E-state index contributed by atoms with van der Waals surface area (Å²) in [6.45, 7) is 0.219. The lowest BCUT2D eigenvalue weighted by Crippen LogP contribution is -2.57. The average Bonchev–Trinajstić information content (AvgIpc) is 3.68. The monoisotopic (exact) mass is 553 g/mol. The van der Waals surface area contributed by atoms with Gasteiger partial charge >= 0.3 is 11.9 Å². The number of para-hydroxylation sites is 1. The Hall–Kier alpha value is -4.72. The first kappa shape index (κ1) is 28.3. The van der Waals surface area contributed by atoms with Gasteiger partial charge in [-0.25, -0.2) is 9.78 Å². The topological polar surface area (TPSA) is 224 Å². The standard InChI is InChI=1S/C26H31N7O7/c27-17(10-22(34)35)23(36)31-19(8-14-11-29-18-5-2-1-4-16(14)18)25(38)33-7-3-6-21(33)24(37)32-20(26(39)40)9-15-12-28-13-30-15/h1-2,4-5,11-13,17,19-21,29H,3,6-10,27H2,(H,28,30)(H,31,36)(H,32,37)(H,34,35)(H,39,40). The molecule has 4 atom stereocenters. The fourth-order valence-electron chi connectivity index (χ4n) is 4.87. The van der Waals surface area contributed by atoms with Gasteiger partial charge < -0.3 is 41.4 Å². The van der Waals surface area contributed by atoms with Crippen LogP contribution in [0, 0.1) is 0 Å². The Kier molecular flexibility index (Phi) is 8.79. The summed E-state index contributed by atoms with van der Waals surface area (Å²) in [4.78, 5) is 73.7. The number of carbonyl (C=O) groups excluding carboxylic acids is 3. The SMILES string of the molecule is NC(CC(=O)O)C(=O)NC(Cc1c[nH]c2ccccc12)C(=O)N1CCCC1C(=O)NC(Cc1cnc[nH]1)C(=O)O. The highest BCUT2D eigenvalue weighted by atomic mass is 16.4. The molecule has 0 saturated carbocycles. The molecule has 14 heteroatoms. The van der Waals surface area contributed by atoms with Crippen LogP contribution in [0.1, 0.15) is 30.5 Å². The van der Waals surface area contributed by atoms with E-state index < -0.39 is 60.2 Å². The molecule has 1 aliphatic heterocycles. The van der Waals surface area contributed by atoms with Gasteiger partial charge in [-0.2, -0.15) is 0 Å². The van der Waals surface area contributed by atoms with Gasteiger partial charge in [0.1, 0.15) is 18.1 Å². The number of carboxylic acids is 2. The molecule has 0 radical (unpaired) electrons. The van der Waals surface area contributed by atoms with Crippen LogP contribution in [-0.2, 0) is 36.8 Å². The maximum Gasteiger partial charge on any atom is 0.326 e. The van der Waals surface area contributed by atoms with E-state index in [4.69, 9.17) is 10.8 Å². The number of nitrogens with one attached hydrogen (secondary N) is 4. The number of hydrogen-bond donors (Lipinski definition) is 7. The van der Waals surface area contributed by atoms with E-state index in [9.17, 15) is 29.1 Å². The largest absolute Gasteiger partial charge is 0.481 e. The summed E-state index contributed by atoms with van der Waals surface area (Å²) >= 11 is 0. The Morgan fingerprint density at radius 1 is 1.07 bits per heavy atom. The van der Waals surface area contributed by atoms with E-state index in [2.05, 4.69) is 25.6 Å². The minimum Gasteiger partial charge on any atom is -0.481 e. The molecule has 212 valence electrons. The first-order chi connectivity index (χ1) is 19.1. The smallest absolute Gasteiger partial charge is 0.326 e. The summed E-state index contributed by atoms with van der Waals surface area (Å²) < 4.78 is 0. The Morgan fingerprint density at radius 2 is 1.85 bits per heavy atom. The van der Waals surface area contributed by atoms with Gasteiger partial charge in [-0.1, -0.05) is 18.2 Å². The number of fused-ring (bicyclic) bond motifs is 1. The Morgan fingerprint density at radius 3 is 2.55 bits per heavy atom. The lowest BCUT2D eigenvalue weighted by Gasteiger charge is -2.30. The Balaban J connectivity index is 1.54. The van der Waals surface area contributed by atoms with Crippen LogP contribution in [0.25, 0.3) is 10.9 Å². The molecule has 40 heavy (non-hydrogen) atoms. The number of nitrogens with two attached hydrogens (primary N) is 1. The second-order valence-corrected chi connectivity index (χ2v) is 9.70. The van der Waals surface area contributed by atoms with E-state index in [0.717, 1.165) is 16.5 Å². The van der Waals surface area contributed by atoms with Crippen LogP contribution >= 0.6 is 0 Å². The zero-order chi connectivity index (χ0) is 28.8. The van der Waals surface area contributed by atoms with Gasteiger partial charge in [0.2, 0.25) is 17.7 Å². The highest BCUT2D eigenvalue weighted by Crippen LogP contribution is 2.23. The fraction of sp³-hybridized carbons (Fsp3) is 0.385. The molecule has 0 aliphatic carbocycles. The van der Waals surface area contributed by atoms with E-state index in [-0.39, 0.29) is 19.4 Å². The number of rotatable bonds is 12. The number of aromatic amines is 2.